The highest BCUT2D eigenvalue weighted by Crippen LogP contribution is 2.33. The maximum Gasteiger partial charge on any atom is 0.155 e. The molecule has 1 unspecified atom stereocenters. The molecule has 0 amide bonds. The standard InChI is InChI=1S/C19H28O2/c1-14(15(2)20)18-10-6-9-17(11-18)13-19(21)12-16-7-4-3-5-8-16/h12,17H,3-11,13H2,1-2H3/b18-14+. The van der Waals surface area contributed by atoms with E-state index in [0.29, 0.717) is 18.1 Å². The van der Waals surface area contributed by atoms with Crippen LogP contribution in [-0.4, -0.2) is 11.6 Å². The molecule has 0 spiro atoms. The molecule has 0 aromatic rings. The minimum atomic E-state index is 0.182. The summed E-state index contributed by atoms with van der Waals surface area (Å²) in [5.74, 6) is 0.927. The molecule has 0 aromatic carbocycles. The molecule has 2 aliphatic rings. The molecule has 116 valence electrons. The van der Waals surface area contributed by atoms with Gasteiger partial charge in [0.25, 0.3) is 0 Å². The van der Waals surface area contributed by atoms with E-state index in [9.17, 15) is 9.59 Å². The number of hydrogen-bond donors (Lipinski definition) is 0. The minimum Gasteiger partial charge on any atom is -0.295 e. The van der Waals surface area contributed by atoms with Crippen LogP contribution in [0.3, 0.4) is 0 Å². The van der Waals surface area contributed by atoms with Crippen LogP contribution in [0.4, 0.5) is 0 Å². The molecule has 1 atom stereocenters. The first-order valence-corrected chi connectivity index (χ1v) is 8.48. The third-order valence-electron chi connectivity index (χ3n) is 5.04. The SMILES string of the molecule is CC(=O)/C(C)=C1\CCCC(CC(=O)C=C2CCCCC2)C1. The average Bonchev–Trinajstić information content (AvgIpc) is 2.47. The van der Waals surface area contributed by atoms with Gasteiger partial charge < -0.3 is 0 Å². The average molecular weight is 288 g/mol. The first kappa shape index (κ1) is 16.2. The lowest BCUT2D eigenvalue weighted by Gasteiger charge is -2.25. The molecule has 0 radical (unpaired) electrons. The molecule has 2 rings (SSSR count). The van der Waals surface area contributed by atoms with Gasteiger partial charge in [0, 0.05) is 6.42 Å². The van der Waals surface area contributed by atoms with Crippen LogP contribution in [0.25, 0.3) is 0 Å². The summed E-state index contributed by atoms with van der Waals surface area (Å²) >= 11 is 0. The summed E-state index contributed by atoms with van der Waals surface area (Å²) in [6, 6.07) is 0. The van der Waals surface area contributed by atoms with Crippen molar-refractivity contribution in [1.82, 2.24) is 0 Å². The topological polar surface area (TPSA) is 34.1 Å². The van der Waals surface area contributed by atoms with Crippen LogP contribution in [0, 0.1) is 5.92 Å². The lowest BCUT2D eigenvalue weighted by Crippen LogP contribution is -2.15. The number of rotatable bonds is 4. The Bertz CT molecular complexity index is 460. The summed E-state index contributed by atoms with van der Waals surface area (Å²) in [7, 11) is 0. The Balaban J connectivity index is 1.92. The first-order valence-electron chi connectivity index (χ1n) is 8.48. The van der Waals surface area contributed by atoms with Crippen molar-refractivity contribution < 1.29 is 9.59 Å². The van der Waals surface area contributed by atoms with Gasteiger partial charge in [-0.3, -0.25) is 9.59 Å². The predicted octanol–water partition coefficient (Wildman–Crippen LogP) is 4.93. The zero-order chi connectivity index (χ0) is 15.2. The Morgan fingerprint density at radius 2 is 1.76 bits per heavy atom. The molecule has 21 heavy (non-hydrogen) atoms. The zero-order valence-electron chi connectivity index (χ0n) is 13.5. The Morgan fingerprint density at radius 3 is 2.43 bits per heavy atom. The van der Waals surface area contributed by atoms with Crippen LogP contribution < -0.4 is 0 Å². The van der Waals surface area contributed by atoms with Crippen molar-refractivity contribution in [2.24, 2.45) is 5.92 Å². The highest BCUT2D eigenvalue weighted by molar-refractivity contribution is 5.93. The summed E-state index contributed by atoms with van der Waals surface area (Å²) in [6.07, 6.45) is 12.9. The van der Waals surface area contributed by atoms with Crippen LogP contribution in [0.1, 0.15) is 78.1 Å². The van der Waals surface area contributed by atoms with Gasteiger partial charge in [0.1, 0.15) is 0 Å². The maximum absolute atomic E-state index is 12.2. The number of hydrogen-bond acceptors (Lipinski definition) is 2. The maximum atomic E-state index is 12.2. The second-order valence-electron chi connectivity index (χ2n) is 6.78. The highest BCUT2D eigenvalue weighted by Gasteiger charge is 2.21. The Morgan fingerprint density at radius 1 is 1.05 bits per heavy atom. The molecule has 2 aliphatic carbocycles. The van der Waals surface area contributed by atoms with Crippen molar-refractivity contribution in [3.63, 3.8) is 0 Å². The highest BCUT2D eigenvalue weighted by atomic mass is 16.1. The van der Waals surface area contributed by atoms with E-state index in [1.54, 1.807) is 6.92 Å². The van der Waals surface area contributed by atoms with Crippen LogP contribution >= 0.6 is 0 Å². The summed E-state index contributed by atoms with van der Waals surface area (Å²) in [6.45, 7) is 3.58. The van der Waals surface area contributed by atoms with Crippen LogP contribution in [0.15, 0.2) is 22.8 Å². The zero-order valence-corrected chi connectivity index (χ0v) is 13.5. The molecule has 0 aromatic heterocycles. The van der Waals surface area contributed by atoms with Gasteiger partial charge in [-0.15, -0.1) is 0 Å². The fourth-order valence-electron chi connectivity index (χ4n) is 3.64. The quantitative estimate of drug-likeness (QED) is 0.687. The third kappa shape index (κ3) is 4.94. The van der Waals surface area contributed by atoms with Gasteiger partial charge in [0.15, 0.2) is 11.6 Å². The molecule has 0 saturated heterocycles. The third-order valence-corrected chi connectivity index (χ3v) is 5.04. The molecule has 2 fully saturated rings. The second-order valence-corrected chi connectivity index (χ2v) is 6.78. The van der Waals surface area contributed by atoms with E-state index in [0.717, 1.165) is 44.1 Å². The Hall–Kier alpha value is -1.18. The molecule has 0 N–H and O–H groups in total. The van der Waals surface area contributed by atoms with E-state index in [4.69, 9.17) is 0 Å². The van der Waals surface area contributed by atoms with E-state index >= 15 is 0 Å². The van der Waals surface area contributed by atoms with Crippen molar-refractivity contribution in [1.29, 1.82) is 0 Å². The summed E-state index contributed by atoms with van der Waals surface area (Å²) in [5, 5.41) is 0. The van der Waals surface area contributed by atoms with Crippen LogP contribution in [0.2, 0.25) is 0 Å². The first-order chi connectivity index (χ1) is 10.1. The van der Waals surface area contributed by atoms with Crippen molar-refractivity contribution in [3.05, 3.63) is 22.8 Å². The summed E-state index contributed by atoms with van der Waals surface area (Å²) in [4.78, 5) is 23.7. The molecule has 2 heteroatoms. The van der Waals surface area contributed by atoms with Crippen molar-refractivity contribution in [2.75, 3.05) is 0 Å². The molecule has 2 saturated carbocycles. The lowest BCUT2D eigenvalue weighted by molar-refractivity contribution is -0.115. The van der Waals surface area contributed by atoms with Crippen molar-refractivity contribution in [2.45, 2.75) is 78.1 Å². The van der Waals surface area contributed by atoms with Gasteiger partial charge in [-0.2, -0.15) is 0 Å². The number of Topliss-reactive ketones (excluding diaryl/α,β-unsaturated/α-hetero) is 1. The van der Waals surface area contributed by atoms with E-state index < -0.39 is 0 Å². The smallest absolute Gasteiger partial charge is 0.155 e. The molecular formula is C19H28O2. The number of carbonyl (C=O) groups is 2. The van der Waals surface area contributed by atoms with Gasteiger partial charge in [0.2, 0.25) is 0 Å². The minimum absolute atomic E-state index is 0.182. The van der Waals surface area contributed by atoms with Gasteiger partial charge >= 0.3 is 0 Å². The second kappa shape index (κ2) is 7.72. The molecule has 0 bridgehead atoms. The van der Waals surface area contributed by atoms with Gasteiger partial charge in [-0.05, 0) is 82.8 Å². The van der Waals surface area contributed by atoms with Gasteiger partial charge in [-0.25, -0.2) is 0 Å². The summed E-state index contributed by atoms with van der Waals surface area (Å²) in [5.41, 5.74) is 3.58. The van der Waals surface area contributed by atoms with Gasteiger partial charge in [0.05, 0.1) is 0 Å². The van der Waals surface area contributed by atoms with E-state index in [2.05, 4.69) is 0 Å². The lowest BCUT2D eigenvalue weighted by atomic mass is 9.80. The van der Waals surface area contributed by atoms with Crippen LogP contribution in [0.5, 0.6) is 0 Å². The number of ketones is 2. The number of allylic oxidation sites excluding steroid dienone is 4. The van der Waals surface area contributed by atoms with Crippen molar-refractivity contribution >= 4 is 11.6 Å². The van der Waals surface area contributed by atoms with Crippen LogP contribution in [-0.2, 0) is 9.59 Å². The molecule has 0 heterocycles. The van der Waals surface area contributed by atoms with E-state index in [1.165, 1.54) is 30.4 Å². The molecular weight excluding hydrogens is 260 g/mol. The van der Waals surface area contributed by atoms with Gasteiger partial charge in [-0.1, -0.05) is 17.6 Å². The normalized spacial score (nSPS) is 25.4. The summed E-state index contributed by atoms with van der Waals surface area (Å²) < 4.78 is 0. The van der Waals surface area contributed by atoms with Crippen molar-refractivity contribution in [3.8, 4) is 0 Å². The number of carbonyl (C=O) groups excluding carboxylic acids is 2. The van der Waals surface area contributed by atoms with E-state index in [1.807, 2.05) is 13.0 Å². The monoisotopic (exact) mass is 288 g/mol. The predicted molar refractivity (Wildman–Crippen MR) is 86.1 cm³/mol. The fourth-order valence-corrected chi connectivity index (χ4v) is 3.64. The largest absolute Gasteiger partial charge is 0.295 e. The fraction of sp³-hybridized carbons (Fsp3) is 0.684. The Kier molecular flexibility index (Phi) is 5.96. The van der Waals surface area contributed by atoms with E-state index in [-0.39, 0.29) is 5.78 Å². The molecule has 0 aliphatic heterocycles. The molecule has 2 nitrogen and oxygen atoms in total. The Labute approximate surface area is 128 Å².